The van der Waals surface area contributed by atoms with E-state index in [9.17, 15) is 14.4 Å². The van der Waals surface area contributed by atoms with Gasteiger partial charge in [0.2, 0.25) is 5.91 Å². The third kappa shape index (κ3) is 3.58. The van der Waals surface area contributed by atoms with Crippen LogP contribution in [0.1, 0.15) is 38.5 Å². The number of hydrogen-bond acceptors (Lipinski definition) is 4. The molecule has 8 nitrogen and oxygen atoms in total. The number of hydrogen-bond donors (Lipinski definition) is 3. The zero-order valence-electron chi connectivity index (χ0n) is 17.6. The predicted molar refractivity (Wildman–Crippen MR) is 110 cm³/mol. The van der Waals surface area contributed by atoms with E-state index in [-0.39, 0.29) is 30.2 Å². The number of anilines is 1. The van der Waals surface area contributed by atoms with Crippen LogP contribution in [-0.4, -0.2) is 62.6 Å². The summed E-state index contributed by atoms with van der Waals surface area (Å²) < 4.78 is 5.16. The van der Waals surface area contributed by atoms with Gasteiger partial charge in [-0.1, -0.05) is 0 Å². The molecule has 162 valence electrons. The van der Waals surface area contributed by atoms with Gasteiger partial charge in [0.1, 0.15) is 5.75 Å². The largest absolute Gasteiger partial charge is 0.497 e. The Kier molecular flexibility index (Phi) is 5.79. The second-order valence-electron chi connectivity index (χ2n) is 8.79. The van der Waals surface area contributed by atoms with Crippen molar-refractivity contribution in [2.45, 2.75) is 50.1 Å². The minimum Gasteiger partial charge on any atom is -0.497 e. The number of ether oxygens (including phenoxy) is 1. The number of nitrogens with two attached hydrogens (primary N) is 1. The van der Waals surface area contributed by atoms with Crippen molar-refractivity contribution < 1.29 is 28.9 Å². The van der Waals surface area contributed by atoms with E-state index in [4.69, 9.17) is 10.5 Å². The first kappa shape index (κ1) is 20.8. The molecule has 0 unspecified atom stereocenters. The van der Waals surface area contributed by atoms with Crippen LogP contribution in [0.4, 0.5) is 5.69 Å². The number of rotatable bonds is 5. The molecule has 3 fully saturated rings. The van der Waals surface area contributed by atoms with E-state index in [1.165, 1.54) is 16.2 Å². The second-order valence-corrected chi connectivity index (χ2v) is 8.79. The highest BCUT2D eigenvalue weighted by Gasteiger charge is 2.54. The average Bonchev–Trinajstić information content (AvgIpc) is 3.08. The molecule has 1 aromatic carbocycles. The molecule has 1 atom stereocenters. The number of carbonyl (C=O) groups excluding carboxylic acids is 3. The Hall–Kier alpha value is -2.45. The third-order valence-electron chi connectivity index (χ3n) is 7.32. The number of benzene rings is 1. The third-order valence-corrected chi connectivity index (χ3v) is 7.32. The van der Waals surface area contributed by atoms with Crippen LogP contribution in [0.5, 0.6) is 5.75 Å². The maximum atomic E-state index is 13.1. The summed E-state index contributed by atoms with van der Waals surface area (Å²) >= 11 is 0. The number of primary amides is 1. The molecule has 8 heteroatoms. The lowest BCUT2D eigenvalue weighted by Gasteiger charge is -2.44. The summed E-state index contributed by atoms with van der Waals surface area (Å²) in [5, 5.41) is 0. The van der Waals surface area contributed by atoms with Gasteiger partial charge in [-0.05, 0) is 43.5 Å². The summed E-state index contributed by atoms with van der Waals surface area (Å²) in [4.78, 5) is 41.9. The highest BCUT2D eigenvalue weighted by molar-refractivity contribution is 6.21. The average molecular weight is 417 g/mol. The fourth-order valence-corrected chi connectivity index (χ4v) is 5.53. The first-order valence-corrected chi connectivity index (χ1v) is 11.0. The van der Waals surface area contributed by atoms with Crippen molar-refractivity contribution in [3.8, 4) is 5.75 Å². The quantitative estimate of drug-likeness (QED) is 0.499. The topological polar surface area (TPSA) is 98.6 Å². The van der Waals surface area contributed by atoms with Crippen molar-refractivity contribution in [1.82, 2.24) is 0 Å². The zero-order chi connectivity index (χ0) is 21.3. The molecule has 4 rings (SSSR count). The Balaban J connectivity index is 1.46. The lowest BCUT2D eigenvalue weighted by Crippen LogP contribution is -3.27. The van der Waals surface area contributed by atoms with E-state index in [1.54, 1.807) is 31.4 Å². The van der Waals surface area contributed by atoms with Crippen LogP contribution < -0.4 is 25.2 Å². The number of methoxy groups -OCH3 is 1. The van der Waals surface area contributed by atoms with Crippen LogP contribution in [-0.2, 0) is 14.4 Å². The van der Waals surface area contributed by atoms with Crippen LogP contribution in [0.25, 0.3) is 0 Å². The molecule has 3 heterocycles. The molecule has 0 spiro atoms. The molecule has 30 heavy (non-hydrogen) atoms. The smallest absolute Gasteiger partial charge is 0.292 e. The van der Waals surface area contributed by atoms with E-state index in [2.05, 4.69) is 0 Å². The van der Waals surface area contributed by atoms with Crippen molar-refractivity contribution in [2.75, 3.05) is 38.2 Å². The predicted octanol–water partition coefficient (Wildman–Crippen LogP) is -1.70. The molecule has 3 aliphatic rings. The summed E-state index contributed by atoms with van der Waals surface area (Å²) in [6.07, 6.45) is 5.04. The normalized spacial score (nSPS) is 30.5. The SMILES string of the molecule is COc1ccc(N2C(=O)C[C@H]([NH+]3CCC(C(N)=O)([NH+]4CCCCC4)CC3)C2=O)cc1. The molecule has 0 aliphatic carbocycles. The molecule has 3 aliphatic heterocycles. The molecule has 0 bridgehead atoms. The minimum absolute atomic E-state index is 0.155. The van der Waals surface area contributed by atoms with Crippen molar-refractivity contribution in [3.63, 3.8) is 0 Å². The fourth-order valence-electron chi connectivity index (χ4n) is 5.53. The molecule has 4 N–H and O–H groups in total. The molecule has 0 saturated carbocycles. The van der Waals surface area contributed by atoms with Gasteiger partial charge in [-0.2, -0.15) is 0 Å². The molecule has 0 radical (unpaired) electrons. The van der Waals surface area contributed by atoms with Crippen LogP contribution in [0.2, 0.25) is 0 Å². The monoisotopic (exact) mass is 416 g/mol. The van der Waals surface area contributed by atoms with Gasteiger partial charge in [0.05, 0.1) is 58.2 Å². The highest BCUT2D eigenvalue weighted by atomic mass is 16.5. The highest BCUT2D eigenvalue weighted by Crippen LogP contribution is 2.25. The first-order valence-electron chi connectivity index (χ1n) is 11.0. The summed E-state index contributed by atoms with van der Waals surface area (Å²) in [5.74, 6) is 0.138. The summed E-state index contributed by atoms with van der Waals surface area (Å²) in [6.45, 7) is 3.36. The van der Waals surface area contributed by atoms with Crippen molar-refractivity contribution in [2.24, 2.45) is 5.73 Å². The number of imide groups is 1. The lowest BCUT2D eigenvalue weighted by atomic mass is 9.83. The summed E-state index contributed by atoms with van der Waals surface area (Å²) in [6, 6.07) is 6.58. The van der Waals surface area contributed by atoms with Gasteiger partial charge in [0.25, 0.3) is 11.8 Å². The van der Waals surface area contributed by atoms with Gasteiger partial charge in [-0.15, -0.1) is 0 Å². The number of nitrogens with one attached hydrogen (secondary N) is 2. The fraction of sp³-hybridized carbons (Fsp3) is 0.591. The Labute approximate surface area is 176 Å². The Morgan fingerprint density at radius 2 is 1.70 bits per heavy atom. The zero-order valence-corrected chi connectivity index (χ0v) is 17.6. The molecule has 3 saturated heterocycles. The maximum absolute atomic E-state index is 13.1. The standard InChI is InChI=1S/C22H30N4O4/c1-30-17-7-5-16(6-8-17)26-19(27)15-18(20(26)28)24-13-9-22(10-14-24,21(23)29)25-11-3-2-4-12-25/h5-8,18H,2-4,9-15H2,1H3,(H2,23,29)/p+2/t18-/m0/s1. The Morgan fingerprint density at radius 1 is 1.07 bits per heavy atom. The van der Waals surface area contributed by atoms with Crippen molar-refractivity contribution >= 4 is 23.4 Å². The van der Waals surface area contributed by atoms with Gasteiger partial charge in [0.15, 0.2) is 11.6 Å². The van der Waals surface area contributed by atoms with Crippen LogP contribution in [0.3, 0.4) is 0 Å². The van der Waals surface area contributed by atoms with Gasteiger partial charge >= 0.3 is 0 Å². The summed E-state index contributed by atoms with van der Waals surface area (Å²) in [7, 11) is 1.58. The lowest BCUT2D eigenvalue weighted by molar-refractivity contribution is -0.978. The van der Waals surface area contributed by atoms with Gasteiger partial charge in [0, 0.05) is 0 Å². The van der Waals surface area contributed by atoms with E-state index in [1.807, 2.05) is 0 Å². The number of carbonyl (C=O) groups is 3. The molecule has 0 aromatic heterocycles. The van der Waals surface area contributed by atoms with Crippen molar-refractivity contribution in [3.05, 3.63) is 24.3 Å². The first-order chi connectivity index (χ1) is 14.5. The second kappa shape index (κ2) is 8.35. The van der Waals surface area contributed by atoms with E-state index < -0.39 is 5.54 Å². The number of likely N-dealkylation sites (tertiary alicyclic amines) is 2. The van der Waals surface area contributed by atoms with Gasteiger partial charge in [-0.3, -0.25) is 14.4 Å². The number of nitrogens with zero attached hydrogens (tertiary/aromatic N) is 1. The van der Waals surface area contributed by atoms with Crippen molar-refractivity contribution in [1.29, 1.82) is 0 Å². The van der Waals surface area contributed by atoms with Gasteiger partial charge < -0.3 is 20.3 Å². The molecule has 1 aromatic rings. The number of amides is 3. The van der Waals surface area contributed by atoms with Gasteiger partial charge in [-0.25, -0.2) is 4.90 Å². The van der Waals surface area contributed by atoms with Crippen LogP contribution >= 0.6 is 0 Å². The Morgan fingerprint density at radius 3 is 2.27 bits per heavy atom. The number of piperidine rings is 2. The molecular weight excluding hydrogens is 384 g/mol. The van der Waals surface area contributed by atoms with E-state index in [0.717, 1.165) is 30.8 Å². The maximum Gasteiger partial charge on any atom is 0.292 e. The molecule has 3 amide bonds. The van der Waals surface area contributed by atoms with Crippen LogP contribution in [0.15, 0.2) is 24.3 Å². The number of quaternary nitrogens is 2. The Bertz CT molecular complexity index is 811. The van der Waals surface area contributed by atoms with E-state index in [0.29, 0.717) is 37.4 Å². The molecular formula is C22H32N4O4+2. The minimum atomic E-state index is -0.523. The van der Waals surface area contributed by atoms with Crippen LogP contribution in [0, 0.1) is 0 Å². The summed E-state index contributed by atoms with van der Waals surface area (Å²) in [5.41, 5.74) is 5.95. The van der Waals surface area contributed by atoms with E-state index >= 15 is 0 Å².